The summed E-state index contributed by atoms with van der Waals surface area (Å²) in [5.74, 6) is 0.0864. The van der Waals surface area contributed by atoms with Gasteiger partial charge in [0.1, 0.15) is 5.75 Å². The normalized spacial score (nSPS) is 11.8. The largest absolute Gasteiger partial charge is 0.508 e. The molecule has 3 heteroatoms. The number of phenolic OH excluding ortho intramolecular Hbond substituents is 1. The molecule has 3 nitrogen and oxygen atoms in total. The summed E-state index contributed by atoms with van der Waals surface area (Å²) in [4.78, 5) is 12.1. The van der Waals surface area contributed by atoms with Crippen LogP contribution in [0.25, 0.3) is 0 Å². The Kier molecular flexibility index (Phi) is 4.18. The Balaban J connectivity index is 2.11. The number of carbonyl (C=O) groups is 1. The van der Waals surface area contributed by atoms with Crippen LogP contribution in [0, 0.1) is 6.92 Å². The van der Waals surface area contributed by atoms with Crippen molar-refractivity contribution < 1.29 is 9.90 Å². The van der Waals surface area contributed by atoms with Gasteiger partial charge in [0.05, 0.1) is 6.04 Å². The quantitative estimate of drug-likeness (QED) is 0.880. The van der Waals surface area contributed by atoms with Crippen molar-refractivity contribution in [3.05, 3.63) is 72.6 Å². The Hall–Kier alpha value is -2.29. The Morgan fingerprint density at radius 1 is 1.11 bits per heavy atom. The van der Waals surface area contributed by atoms with Gasteiger partial charge in [0, 0.05) is 5.56 Å². The van der Waals surface area contributed by atoms with E-state index in [0.29, 0.717) is 12.0 Å². The van der Waals surface area contributed by atoms with E-state index in [1.807, 2.05) is 18.2 Å². The van der Waals surface area contributed by atoms with Gasteiger partial charge in [-0.2, -0.15) is 0 Å². The van der Waals surface area contributed by atoms with E-state index in [9.17, 15) is 9.90 Å². The average molecular weight is 254 g/mol. The van der Waals surface area contributed by atoms with Crippen LogP contribution in [0.15, 0.2) is 54.6 Å². The summed E-state index contributed by atoms with van der Waals surface area (Å²) in [5, 5.41) is 12.2. The lowest BCUT2D eigenvalue weighted by molar-refractivity contribution is 0.0937. The van der Waals surface area contributed by atoms with Gasteiger partial charge in [-0.05, 0) is 36.2 Å². The highest BCUT2D eigenvalue weighted by atomic mass is 16.3. The molecule has 2 rings (SSSR count). The maximum absolute atomic E-state index is 12.1. The molecule has 0 saturated carbocycles. The molecule has 97 valence electrons. The number of nitrogens with one attached hydrogen (secondary N) is 1. The fourth-order valence-electron chi connectivity index (χ4n) is 1.86. The Bertz CT molecular complexity index is 534. The van der Waals surface area contributed by atoms with Gasteiger partial charge in [-0.1, -0.05) is 37.3 Å². The molecule has 2 aromatic carbocycles. The van der Waals surface area contributed by atoms with E-state index in [0.717, 1.165) is 5.56 Å². The minimum absolute atomic E-state index is 0.123. The van der Waals surface area contributed by atoms with Crippen molar-refractivity contribution >= 4 is 5.91 Å². The standard InChI is InChI=1S/C16H16NO2/c1-2-15(12-8-10-14(18)11-9-12)17-16(19)13-6-4-3-5-7-13/h3-11,15,18H,1-2H2,(H,17,19). The highest BCUT2D eigenvalue weighted by Crippen LogP contribution is 2.19. The lowest BCUT2D eigenvalue weighted by Gasteiger charge is -2.17. The molecule has 0 aliphatic heterocycles. The van der Waals surface area contributed by atoms with Crippen LogP contribution in [-0.2, 0) is 0 Å². The summed E-state index contributed by atoms with van der Waals surface area (Å²) >= 11 is 0. The monoisotopic (exact) mass is 254 g/mol. The van der Waals surface area contributed by atoms with E-state index >= 15 is 0 Å². The molecule has 1 unspecified atom stereocenters. The van der Waals surface area contributed by atoms with E-state index < -0.39 is 0 Å². The minimum Gasteiger partial charge on any atom is -0.508 e. The van der Waals surface area contributed by atoms with E-state index in [1.54, 1.807) is 36.4 Å². The van der Waals surface area contributed by atoms with Crippen LogP contribution in [0.1, 0.15) is 28.4 Å². The first-order valence-electron chi connectivity index (χ1n) is 6.15. The van der Waals surface area contributed by atoms with Gasteiger partial charge in [0.25, 0.3) is 5.91 Å². The molecular weight excluding hydrogens is 238 g/mol. The Morgan fingerprint density at radius 3 is 2.32 bits per heavy atom. The Morgan fingerprint density at radius 2 is 1.74 bits per heavy atom. The first-order valence-corrected chi connectivity index (χ1v) is 6.15. The number of amides is 1. The van der Waals surface area contributed by atoms with E-state index in [-0.39, 0.29) is 17.7 Å². The van der Waals surface area contributed by atoms with Gasteiger partial charge in [0.2, 0.25) is 0 Å². The zero-order chi connectivity index (χ0) is 13.7. The van der Waals surface area contributed by atoms with Crippen LogP contribution in [0.5, 0.6) is 5.75 Å². The molecule has 2 N–H and O–H groups in total. The number of carbonyl (C=O) groups excluding carboxylic acids is 1. The molecule has 0 aliphatic carbocycles. The molecule has 0 spiro atoms. The van der Waals surface area contributed by atoms with E-state index in [1.165, 1.54) is 0 Å². The van der Waals surface area contributed by atoms with Crippen LogP contribution in [-0.4, -0.2) is 11.0 Å². The van der Waals surface area contributed by atoms with Gasteiger partial charge >= 0.3 is 0 Å². The topological polar surface area (TPSA) is 49.3 Å². The number of hydrogen-bond donors (Lipinski definition) is 2. The molecular formula is C16H16NO2. The smallest absolute Gasteiger partial charge is 0.251 e. The van der Waals surface area contributed by atoms with Gasteiger partial charge in [-0.15, -0.1) is 0 Å². The molecule has 0 fully saturated rings. The van der Waals surface area contributed by atoms with Gasteiger partial charge in [0.15, 0.2) is 0 Å². The molecule has 1 amide bonds. The van der Waals surface area contributed by atoms with Crippen LogP contribution < -0.4 is 5.32 Å². The maximum atomic E-state index is 12.1. The van der Waals surface area contributed by atoms with Crippen molar-refractivity contribution in [1.82, 2.24) is 5.32 Å². The van der Waals surface area contributed by atoms with Crippen LogP contribution in [0.4, 0.5) is 0 Å². The lowest BCUT2D eigenvalue weighted by atomic mass is 10.0. The van der Waals surface area contributed by atoms with Crippen LogP contribution in [0.3, 0.4) is 0 Å². The molecule has 19 heavy (non-hydrogen) atoms. The summed E-state index contributed by atoms with van der Waals surface area (Å²) in [5.41, 5.74) is 1.55. The third kappa shape index (κ3) is 3.35. The number of aromatic hydroxyl groups is 1. The predicted molar refractivity (Wildman–Crippen MR) is 74.7 cm³/mol. The highest BCUT2D eigenvalue weighted by molar-refractivity contribution is 5.94. The third-order valence-electron chi connectivity index (χ3n) is 2.93. The predicted octanol–water partition coefficient (Wildman–Crippen LogP) is 3.09. The van der Waals surface area contributed by atoms with Crippen molar-refractivity contribution in [2.24, 2.45) is 0 Å². The van der Waals surface area contributed by atoms with Gasteiger partial charge in [-0.3, -0.25) is 4.79 Å². The van der Waals surface area contributed by atoms with Crippen molar-refractivity contribution in [2.45, 2.75) is 12.5 Å². The molecule has 0 saturated heterocycles. The first-order chi connectivity index (χ1) is 9.20. The van der Waals surface area contributed by atoms with Crippen molar-refractivity contribution in [3.63, 3.8) is 0 Å². The van der Waals surface area contributed by atoms with Crippen molar-refractivity contribution in [2.75, 3.05) is 0 Å². The number of phenols is 1. The summed E-state index contributed by atoms with van der Waals surface area (Å²) in [6.07, 6.45) is 0.545. The van der Waals surface area contributed by atoms with E-state index in [4.69, 9.17) is 0 Å². The minimum atomic E-state index is -0.159. The summed E-state index contributed by atoms with van der Waals surface area (Å²) in [7, 11) is 0. The lowest BCUT2D eigenvalue weighted by Crippen LogP contribution is -2.28. The van der Waals surface area contributed by atoms with Gasteiger partial charge in [-0.25, -0.2) is 0 Å². The molecule has 1 radical (unpaired) electrons. The summed E-state index contributed by atoms with van der Waals surface area (Å²) in [6.45, 7) is 3.85. The second-order valence-corrected chi connectivity index (χ2v) is 4.27. The van der Waals surface area contributed by atoms with E-state index in [2.05, 4.69) is 12.2 Å². The van der Waals surface area contributed by atoms with Crippen molar-refractivity contribution in [3.8, 4) is 5.75 Å². The zero-order valence-electron chi connectivity index (χ0n) is 10.5. The summed E-state index contributed by atoms with van der Waals surface area (Å²) in [6, 6.07) is 15.7. The number of rotatable bonds is 4. The van der Waals surface area contributed by atoms with Crippen LogP contribution >= 0.6 is 0 Å². The molecule has 0 aliphatic rings. The fourth-order valence-corrected chi connectivity index (χ4v) is 1.86. The SMILES string of the molecule is [CH2]CC(NC(=O)c1ccccc1)c1ccc(O)cc1. The van der Waals surface area contributed by atoms with Crippen LogP contribution in [0.2, 0.25) is 0 Å². The number of hydrogen-bond acceptors (Lipinski definition) is 2. The summed E-state index contributed by atoms with van der Waals surface area (Å²) < 4.78 is 0. The molecule has 0 bridgehead atoms. The molecule has 2 aromatic rings. The third-order valence-corrected chi connectivity index (χ3v) is 2.93. The Labute approximate surface area is 112 Å². The molecule has 0 heterocycles. The fraction of sp³-hybridized carbons (Fsp3) is 0.125. The van der Waals surface area contributed by atoms with Gasteiger partial charge < -0.3 is 10.4 Å². The highest BCUT2D eigenvalue weighted by Gasteiger charge is 2.13. The average Bonchev–Trinajstić information content (AvgIpc) is 2.46. The maximum Gasteiger partial charge on any atom is 0.251 e. The molecule has 0 aromatic heterocycles. The zero-order valence-corrected chi connectivity index (χ0v) is 10.5. The molecule has 1 atom stereocenters. The van der Waals surface area contributed by atoms with Crippen molar-refractivity contribution in [1.29, 1.82) is 0 Å². The number of benzene rings is 2. The second-order valence-electron chi connectivity index (χ2n) is 4.27. The first kappa shape index (κ1) is 13.1. The second kappa shape index (κ2) is 6.05.